The molecule has 0 aliphatic carbocycles. The van der Waals surface area contributed by atoms with Gasteiger partial charge in [0.2, 0.25) is 9.84 Å². The van der Waals surface area contributed by atoms with Crippen LogP contribution in [0.15, 0.2) is 35.2 Å². The molecule has 0 fully saturated rings. The third kappa shape index (κ3) is 2.54. The first-order valence-corrected chi connectivity index (χ1v) is 8.47. The van der Waals surface area contributed by atoms with E-state index < -0.39 is 42.5 Å². The van der Waals surface area contributed by atoms with Crippen LogP contribution in [0.1, 0.15) is 17.2 Å². The summed E-state index contributed by atoms with van der Waals surface area (Å²) in [6.07, 6.45) is -2.66. The summed E-state index contributed by atoms with van der Waals surface area (Å²) in [5.74, 6) is -1.21. The lowest BCUT2D eigenvalue weighted by Gasteiger charge is -2.14. The van der Waals surface area contributed by atoms with Gasteiger partial charge in [0, 0.05) is 11.6 Å². The predicted molar refractivity (Wildman–Crippen MR) is 79.7 cm³/mol. The van der Waals surface area contributed by atoms with Crippen molar-refractivity contribution in [3.05, 3.63) is 52.3 Å². The number of sulfone groups is 1. The first-order valence-electron chi connectivity index (χ1n) is 6.61. The average Bonchev–Trinajstić information content (AvgIpc) is 2.67. The molecule has 0 aromatic heterocycles. The Morgan fingerprint density at radius 1 is 1.28 bits per heavy atom. The van der Waals surface area contributed by atoms with Gasteiger partial charge in [0.15, 0.2) is 6.10 Å². The van der Waals surface area contributed by atoms with Crippen molar-refractivity contribution >= 4 is 21.4 Å². The van der Waals surface area contributed by atoms with Gasteiger partial charge in [-0.05, 0) is 24.3 Å². The molecule has 0 amide bonds. The summed E-state index contributed by atoms with van der Waals surface area (Å²) in [7, 11) is -5.09. The van der Waals surface area contributed by atoms with E-state index in [2.05, 4.69) is 0 Å². The number of aliphatic hydroxyl groups is 1. The number of ether oxygens (including phenoxy) is 1. The fourth-order valence-electron chi connectivity index (χ4n) is 2.40. The molecule has 10 heteroatoms. The molecule has 0 saturated carbocycles. The molecule has 25 heavy (non-hydrogen) atoms. The lowest BCUT2D eigenvalue weighted by molar-refractivity contribution is -0.0375. The number of rotatable bonds is 2. The summed E-state index contributed by atoms with van der Waals surface area (Å²) in [5, 5.41) is 13.5. The van der Waals surface area contributed by atoms with Crippen LogP contribution >= 0.6 is 11.6 Å². The second kappa shape index (κ2) is 5.62. The predicted octanol–water partition coefficient (Wildman–Crippen LogP) is 3.56. The molecule has 0 spiro atoms. The number of fused-ring (bicyclic) bond motifs is 1. The topological polar surface area (TPSA) is 87.4 Å². The minimum Gasteiger partial charge on any atom is -0.456 e. The first-order chi connectivity index (χ1) is 11.6. The fourth-order valence-corrected chi connectivity index (χ4v) is 4.22. The van der Waals surface area contributed by atoms with Crippen LogP contribution in [0, 0.1) is 17.1 Å². The number of hydrogen-bond donors (Lipinski definition) is 1. The third-order valence-electron chi connectivity index (χ3n) is 3.57. The van der Waals surface area contributed by atoms with E-state index in [9.17, 15) is 26.7 Å². The molecule has 1 N–H and O–H groups in total. The van der Waals surface area contributed by atoms with E-state index in [1.807, 2.05) is 0 Å². The Morgan fingerprint density at radius 3 is 2.60 bits per heavy atom. The summed E-state index contributed by atoms with van der Waals surface area (Å²) in [6, 6.07) is 6.58. The molecule has 0 bridgehead atoms. The quantitative estimate of drug-likeness (QED) is 0.848. The van der Waals surface area contributed by atoms with Gasteiger partial charge in [-0.2, -0.15) is 14.0 Å². The van der Waals surface area contributed by atoms with Gasteiger partial charge in [-0.25, -0.2) is 12.8 Å². The van der Waals surface area contributed by atoms with Crippen molar-refractivity contribution in [1.29, 1.82) is 5.26 Å². The van der Waals surface area contributed by atoms with Crippen molar-refractivity contribution in [2.75, 3.05) is 0 Å². The monoisotopic (exact) mass is 389 g/mol. The summed E-state index contributed by atoms with van der Waals surface area (Å²) < 4.78 is 69.8. The Labute approximate surface area is 144 Å². The summed E-state index contributed by atoms with van der Waals surface area (Å²) >= 11 is 5.93. The van der Waals surface area contributed by atoms with Gasteiger partial charge in [-0.3, -0.25) is 0 Å². The van der Waals surface area contributed by atoms with Crippen molar-refractivity contribution < 1.29 is 31.4 Å². The number of alkyl halides is 2. The van der Waals surface area contributed by atoms with Crippen molar-refractivity contribution in [3.8, 4) is 17.6 Å². The second-order valence-electron chi connectivity index (χ2n) is 5.15. The normalized spacial score (nSPS) is 19.9. The second-order valence-corrected chi connectivity index (χ2v) is 7.52. The van der Waals surface area contributed by atoms with Crippen LogP contribution in [-0.2, 0) is 9.84 Å². The Bertz CT molecular complexity index is 1030. The van der Waals surface area contributed by atoms with Gasteiger partial charge in [0.25, 0.3) is 0 Å². The van der Waals surface area contributed by atoms with Crippen LogP contribution in [0.25, 0.3) is 0 Å². The van der Waals surface area contributed by atoms with Gasteiger partial charge < -0.3 is 9.84 Å². The molecule has 2 aromatic rings. The van der Waals surface area contributed by atoms with E-state index >= 15 is 0 Å². The Morgan fingerprint density at radius 2 is 1.96 bits per heavy atom. The number of nitriles is 1. The number of benzene rings is 2. The molecule has 1 heterocycles. The van der Waals surface area contributed by atoms with Crippen LogP contribution in [0.5, 0.6) is 11.5 Å². The molecule has 1 aliphatic heterocycles. The van der Waals surface area contributed by atoms with E-state index in [4.69, 9.17) is 21.6 Å². The van der Waals surface area contributed by atoms with Crippen molar-refractivity contribution in [2.24, 2.45) is 0 Å². The lowest BCUT2D eigenvalue weighted by atomic mass is 10.1. The van der Waals surface area contributed by atoms with Gasteiger partial charge in [-0.1, -0.05) is 11.6 Å². The van der Waals surface area contributed by atoms with Gasteiger partial charge in [0.1, 0.15) is 17.3 Å². The highest BCUT2D eigenvalue weighted by molar-refractivity contribution is 7.92. The molecule has 2 aromatic carbocycles. The van der Waals surface area contributed by atoms with E-state index in [-0.39, 0.29) is 17.1 Å². The maximum absolute atomic E-state index is 13.8. The molecular formula is C15H7ClF3NO4S. The van der Waals surface area contributed by atoms with Crippen LogP contribution in [0.2, 0.25) is 5.02 Å². The van der Waals surface area contributed by atoms with E-state index in [0.29, 0.717) is 0 Å². The van der Waals surface area contributed by atoms with Crippen LogP contribution < -0.4 is 4.74 Å². The largest absolute Gasteiger partial charge is 0.456 e. The van der Waals surface area contributed by atoms with Crippen LogP contribution in [0.3, 0.4) is 0 Å². The Kier molecular flexibility index (Phi) is 3.95. The summed E-state index contributed by atoms with van der Waals surface area (Å²) in [4.78, 5) is -0.806. The Balaban J connectivity index is 2.10. The third-order valence-corrected chi connectivity index (χ3v) is 5.84. The van der Waals surface area contributed by atoms with Crippen LogP contribution in [-0.4, -0.2) is 18.8 Å². The van der Waals surface area contributed by atoms with Gasteiger partial charge >= 0.3 is 5.25 Å². The first kappa shape index (κ1) is 17.5. The lowest BCUT2D eigenvalue weighted by Crippen LogP contribution is -2.28. The molecule has 130 valence electrons. The number of nitrogens with zero attached hydrogens (tertiary/aromatic N) is 1. The molecule has 0 unspecified atom stereocenters. The highest BCUT2D eigenvalue weighted by Crippen LogP contribution is 2.53. The number of halogens is 4. The highest BCUT2D eigenvalue weighted by atomic mass is 35.5. The zero-order valence-electron chi connectivity index (χ0n) is 12.0. The minimum absolute atomic E-state index is 0.0542. The molecule has 1 aliphatic rings. The molecule has 5 nitrogen and oxygen atoms in total. The molecule has 0 saturated heterocycles. The molecule has 3 rings (SSSR count). The van der Waals surface area contributed by atoms with Gasteiger partial charge in [0.05, 0.1) is 21.6 Å². The molecule has 0 radical (unpaired) electrons. The molecular weight excluding hydrogens is 383 g/mol. The molecule has 1 atom stereocenters. The standard InChI is InChI=1S/C15H7ClF3NO4S/c16-13-10(24-9-4-7(6-20)3-8(17)5-9)1-2-11-12(13)14(21)15(18,19)25(11,22)23/h1-5,14,21H/t14-/m1/s1. The maximum atomic E-state index is 13.8. The smallest absolute Gasteiger partial charge is 0.379 e. The zero-order valence-corrected chi connectivity index (χ0v) is 13.6. The van der Waals surface area contributed by atoms with Crippen LogP contribution in [0.4, 0.5) is 13.2 Å². The van der Waals surface area contributed by atoms with Crippen molar-refractivity contribution in [2.45, 2.75) is 16.3 Å². The maximum Gasteiger partial charge on any atom is 0.379 e. The van der Waals surface area contributed by atoms with E-state index in [1.54, 1.807) is 6.07 Å². The summed E-state index contributed by atoms with van der Waals surface area (Å²) in [5.41, 5.74) is -0.748. The zero-order chi connectivity index (χ0) is 18.6. The number of hydrogen-bond acceptors (Lipinski definition) is 5. The minimum atomic E-state index is -5.09. The van der Waals surface area contributed by atoms with Crippen molar-refractivity contribution in [3.63, 3.8) is 0 Å². The summed E-state index contributed by atoms with van der Waals surface area (Å²) in [6.45, 7) is 0. The highest BCUT2D eigenvalue weighted by Gasteiger charge is 2.61. The van der Waals surface area contributed by atoms with E-state index in [0.717, 1.165) is 24.3 Å². The van der Waals surface area contributed by atoms with Gasteiger partial charge in [-0.15, -0.1) is 0 Å². The van der Waals surface area contributed by atoms with Crippen molar-refractivity contribution in [1.82, 2.24) is 0 Å². The fraction of sp³-hybridized carbons (Fsp3) is 0.133. The average molecular weight is 390 g/mol. The number of aliphatic hydroxyl groups excluding tert-OH is 1. The van der Waals surface area contributed by atoms with E-state index in [1.165, 1.54) is 6.07 Å². The SMILES string of the molecule is N#Cc1cc(F)cc(Oc2ccc3c(c2Cl)[C@@H](O)C(F)(F)S3(=O)=O)c1. The Hall–Kier alpha value is -2.28.